The van der Waals surface area contributed by atoms with E-state index in [2.05, 4.69) is 43.0 Å². The van der Waals surface area contributed by atoms with Crippen molar-refractivity contribution in [2.45, 2.75) is 6.92 Å². The molecule has 0 aliphatic rings. The first-order chi connectivity index (χ1) is 11.0. The van der Waals surface area contributed by atoms with Crippen molar-refractivity contribution in [2.75, 3.05) is 11.5 Å². The molecule has 3 aromatic rings. The minimum atomic E-state index is 0.759. The molecule has 0 saturated heterocycles. The Bertz CT molecular complexity index is 931. The van der Waals surface area contributed by atoms with Crippen LogP contribution in [0.5, 0.6) is 0 Å². The van der Waals surface area contributed by atoms with Crippen molar-refractivity contribution < 1.29 is 0 Å². The van der Waals surface area contributed by atoms with Crippen molar-refractivity contribution in [2.24, 2.45) is 0 Å². The molecule has 0 aliphatic heterocycles. The molecule has 3 rings (SSSR count). The highest BCUT2D eigenvalue weighted by molar-refractivity contribution is 5.81. The highest BCUT2D eigenvalue weighted by Gasteiger charge is 2.07. The van der Waals surface area contributed by atoms with Crippen LogP contribution in [0.15, 0.2) is 66.7 Å². The molecule has 0 bridgehead atoms. The maximum absolute atomic E-state index is 5.97. The van der Waals surface area contributed by atoms with Crippen molar-refractivity contribution in [3.63, 3.8) is 0 Å². The molecule has 4 N–H and O–H groups in total. The fraction of sp³-hybridized carbons (Fsp3) is 0.0476. The monoisotopic (exact) mass is 300 g/mol. The van der Waals surface area contributed by atoms with Crippen LogP contribution in [-0.2, 0) is 0 Å². The lowest BCUT2D eigenvalue weighted by Crippen LogP contribution is -2.11. The van der Waals surface area contributed by atoms with E-state index in [4.69, 9.17) is 11.5 Å². The summed E-state index contributed by atoms with van der Waals surface area (Å²) in [6.07, 6.45) is 0. The van der Waals surface area contributed by atoms with Gasteiger partial charge in [-0.05, 0) is 63.9 Å². The van der Waals surface area contributed by atoms with E-state index in [1.165, 1.54) is 0 Å². The summed E-state index contributed by atoms with van der Waals surface area (Å²) in [7, 11) is 0. The minimum Gasteiger partial charge on any atom is -0.399 e. The average molecular weight is 300 g/mol. The number of rotatable bonds is 2. The van der Waals surface area contributed by atoms with Gasteiger partial charge in [-0.1, -0.05) is 49.0 Å². The molecule has 114 valence electrons. The van der Waals surface area contributed by atoms with Gasteiger partial charge in [-0.3, -0.25) is 0 Å². The molecule has 2 nitrogen and oxygen atoms in total. The second-order valence-electron chi connectivity index (χ2n) is 5.77. The number of anilines is 2. The minimum absolute atomic E-state index is 0.759. The normalized spacial score (nSPS) is 10.5. The second-order valence-corrected chi connectivity index (χ2v) is 5.77. The Morgan fingerprint density at radius 2 is 1.39 bits per heavy atom. The number of aryl methyl sites for hydroxylation is 1. The van der Waals surface area contributed by atoms with Crippen LogP contribution < -0.4 is 21.9 Å². The van der Waals surface area contributed by atoms with E-state index in [0.717, 1.165) is 44.1 Å². The lowest BCUT2D eigenvalue weighted by molar-refractivity contribution is 1.42. The van der Waals surface area contributed by atoms with E-state index in [-0.39, 0.29) is 0 Å². The zero-order chi connectivity index (χ0) is 16.4. The third-order valence-electron chi connectivity index (χ3n) is 4.00. The van der Waals surface area contributed by atoms with Crippen molar-refractivity contribution >= 4 is 23.5 Å². The number of hydrogen-bond donors (Lipinski definition) is 2. The Kier molecular flexibility index (Phi) is 3.90. The van der Waals surface area contributed by atoms with Crippen LogP contribution in [0.1, 0.15) is 16.7 Å². The van der Waals surface area contributed by atoms with Gasteiger partial charge in [-0.15, -0.1) is 0 Å². The number of nitrogens with two attached hydrogens (primary N) is 2. The highest BCUT2D eigenvalue weighted by Crippen LogP contribution is 2.24. The molecule has 0 radical (unpaired) electrons. The lowest BCUT2D eigenvalue weighted by Gasteiger charge is -2.11. The van der Waals surface area contributed by atoms with Crippen molar-refractivity contribution in [1.82, 2.24) is 0 Å². The third-order valence-corrected chi connectivity index (χ3v) is 4.00. The largest absolute Gasteiger partial charge is 0.399 e. The third kappa shape index (κ3) is 3.11. The number of hydrogen-bond acceptors (Lipinski definition) is 2. The van der Waals surface area contributed by atoms with Gasteiger partial charge in [0.15, 0.2) is 0 Å². The molecule has 0 aliphatic carbocycles. The van der Waals surface area contributed by atoms with E-state index in [0.29, 0.717) is 0 Å². The van der Waals surface area contributed by atoms with Crippen LogP contribution >= 0.6 is 0 Å². The Labute approximate surface area is 136 Å². The second kappa shape index (κ2) is 6.01. The van der Waals surface area contributed by atoms with E-state index in [1.54, 1.807) is 0 Å². The molecule has 0 amide bonds. The zero-order valence-electron chi connectivity index (χ0n) is 13.2. The van der Waals surface area contributed by atoms with E-state index in [1.807, 2.05) is 37.3 Å². The van der Waals surface area contributed by atoms with Crippen LogP contribution in [0, 0.1) is 6.92 Å². The molecule has 0 aromatic heterocycles. The quantitative estimate of drug-likeness (QED) is 0.715. The van der Waals surface area contributed by atoms with Gasteiger partial charge in [0.25, 0.3) is 0 Å². The van der Waals surface area contributed by atoms with E-state index < -0.39 is 0 Å². The van der Waals surface area contributed by atoms with Gasteiger partial charge in [0.1, 0.15) is 0 Å². The molecule has 23 heavy (non-hydrogen) atoms. The van der Waals surface area contributed by atoms with Crippen LogP contribution in [-0.4, -0.2) is 0 Å². The molecule has 3 aromatic carbocycles. The molecule has 0 atom stereocenters. The number of nitrogen functional groups attached to an aromatic ring is 2. The summed E-state index contributed by atoms with van der Waals surface area (Å²) in [6.45, 7) is 5.99. The van der Waals surface area contributed by atoms with Crippen molar-refractivity contribution in [3.8, 4) is 0 Å². The predicted molar refractivity (Wildman–Crippen MR) is 99.3 cm³/mol. The summed E-state index contributed by atoms with van der Waals surface area (Å²) in [6, 6.07) is 22.3. The predicted octanol–water partition coefficient (Wildman–Crippen LogP) is 2.82. The molecular weight excluding hydrogens is 280 g/mol. The van der Waals surface area contributed by atoms with Gasteiger partial charge in [0.2, 0.25) is 0 Å². The highest BCUT2D eigenvalue weighted by atomic mass is 14.6. The summed E-state index contributed by atoms with van der Waals surface area (Å²) in [5.41, 5.74) is 17.9. The topological polar surface area (TPSA) is 52.0 Å². The van der Waals surface area contributed by atoms with Gasteiger partial charge < -0.3 is 11.5 Å². The zero-order valence-corrected chi connectivity index (χ0v) is 13.2. The summed E-state index contributed by atoms with van der Waals surface area (Å²) >= 11 is 0. The fourth-order valence-corrected chi connectivity index (χ4v) is 2.65. The molecule has 0 saturated carbocycles. The summed E-state index contributed by atoms with van der Waals surface area (Å²) in [5, 5.41) is 2.14. The molecule has 2 heteroatoms. The summed E-state index contributed by atoms with van der Waals surface area (Å²) < 4.78 is 0. The van der Waals surface area contributed by atoms with Crippen LogP contribution in [0.3, 0.4) is 0 Å². The summed E-state index contributed by atoms with van der Waals surface area (Å²) in [5.74, 6) is 0. The maximum atomic E-state index is 5.97. The van der Waals surface area contributed by atoms with Crippen molar-refractivity contribution in [3.05, 3.63) is 93.9 Å². The Morgan fingerprint density at radius 3 is 2.00 bits per heavy atom. The van der Waals surface area contributed by atoms with Gasteiger partial charge >= 0.3 is 0 Å². The molecular formula is C21H20N2. The van der Waals surface area contributed by atoms with Crippen LogP contribution in [0.25, 0.3) is 12.2 Å². The van der Waals surface area contributed by atoms with Gasteiger partial charge in [0, 0.05) is 11.4 Å². The average Bonchev–Trinajstić information content (AvgIpc) is 2.55. The maximum Gasteiger partial charge on any atom is 0.0344 e. The standard InChI is InChI=1S/C21H20N2/c1-14-3-5-16(6-4-14)21(17-7-10-19(22)11-8-17)18-9-12-20(23)15(2)13-18/h3-13H,1,22-23H2,2H3. The SMILES string of the molecule is C=c1ccc(=C(c2ccc(N)cc2)c2ccc(N)c(C)c2)cc1. The smallest absolute Gasteiger partial charge is 0.0344 e. The summed E-state index contributed by atoms with van der Waals surface area (Å²) in [4.78, 5) is 0. The van der Waals surface area contributed by atoms with Crippen LogP contribution in [0.2, 0.25) is 0 Å². The molecule has 0 unspecified atom stereocenters. The fourth-order valence-electron chi connectivity index (χ4n) is 2.65. The molecule has 0 spiro atoms. The Balaban J connectivity index is 2.32. The van der Waals surface area contributed by atoms with Gasteiger partial charge in [0.05, 0.1) is 0 Å². The molecule has 0 heterocycles. The first-order valence-electron chi connectivity index (χ1n) is 7.56. The lowest BCUT2D eigenvalue weighted by atomic mass is 9.94. The Hall–Kier alpha value is -3.00. The first kappa shape index (κ1) is 14.9. The van der Waals surface area contributed by atoms with Crippen molar-refractivity contribution in [1.29, 1.82) is 0 Å². The van der Waals surface area contributed by atoms with Crippen LogP contribution in [0.4, 0.5) is 11.4 Å². The van der Waals surface area contributed by atoms with Gasteiger partial charge in [-0.25, -0.2) is 0 Å². The van der Waals surface area contributed by atoms with Gasteiger partial charge in [-0.2, -0.15) is 0 Å². The Morgan fingerprint density at radius 1 is 0.783 bits per heavy atom. The van der Waals surface area contributed by atoms with E-state index in [9.17, 15) is 0 Å². The number of benzene rings is 3. The first-order valence-corrected chi connectivity index (χ1v) is 7.56. The van der Waals surface area contributed by atoms with E-state index >= 15 is 0 Å². The molecule has 0 fully saturated rings.